The zero-order chi connectivity index (χ0) is 24.1. The third kappa shape index (κ3) is 3.96. The second kappa shape index (κ2) is 8.21. The number of hydrogen-bond acceptors (Lipinski definition) is 7. The van der Waals surface area contributed by atoms with Crippen molar-refractivity contribution in [2.75, 3.05) is 7.11 Å². The molecule has 2 aromatic carbocycles. The minimum Gasteiger partial charge on any atom is -0.506 e. The molecular formula is C21H16FNO8S2. The Morgan fingerprint density at radius 3 is 2.45 bits per heavy atom. The summed E-state index contributed by atoms with van der Waals surface area (Å²) >= 11 is 0.278. The lowest BCUT2D eigenvalue weighted by molar-refractivity contribution is -0.136. The van der Waals surface area contributed by atoms with E-state index in [4.69, 9.17) is 4.74 Å². The number of fused-ring (bicyclic) bond motifs is 1. The molecule has 3 aromatic rings. The summed E-state index contributed by atoms with van der Waals surface area (Å²) in [5.74, 6) is -2.60. The van der Waals surface area contributed by atoms with Gasteiger partial charge in [0.15, 0.2) is 4.58 Å². The third-order valence-corrected chi connectivity index (χ3v) is 8.16. The molecule has 33 heavy (non-hydrogen) atoms. The number of methoxy groups -OCH3 is 1. The van der Waals surface area contributed by atoms with E-state index in [2.05, 4.69) is 0 Å². The maximum atomic E-state index is 15.1. The molecule has 3 N–H and O–H groups in total. The van der Waals surface area contributed by atoms with E-state index >= 15 is 4.39 Å². The minimum absolute atomic E-state index is 0.278. The highest BCUT2D eigenvalue weighted by atomic mass is 32.3. The van der Waals surface area contributed by atoms with Crippen LogP contribution in [0.3, 0.4) is 0 Å². The molecule has 0 amide bonds. The SMILES string of the molecule is COc1cccc(-c2ccc(-n3cc(O)c4c(c3=O)C(C(=O)O)SC4S(=O)(=O)O)c(F)c2)c1. The smallest absolute Gasteiger partial charge is 0.321 e. The number of benzene rings is 2. The van der Waals surface area contributed by atoms with Gasteiger partial charge in [0, 0.05) is 5.56 Å². The quantitative estimate of drug-likeness (QED) is 0.457. The van der Waals surface area contributed by atoms with Crippen LogP contribution >= 0.6 is 11.8 Å². The number of aromatic hydroxyl groups is 1. The highest BCUT2D eigenvalue weighted by molar-refractivity contribution is 8.11. The molecule has 0 radical (unpaired) electrons. The zero-order valence-corrected chi connectivity index (χ0v) is 18.4. The van der Waals surface area contributed by atoms with Gasteiger partial charge in [0.25, 0.3) is 15.7 Å². The Labute approximate surface area is 190 Å². The first-order valence-corrected chi connectivity index (χ1v) is 11.7. The van der Waals surface area contributed by atoms with Crippen LogP contribution in [0.2, 0.25) is 0 Å². The molecule has 0 saturated heterocycles. The van der Waals surface area contributed by atoms with Gasteiger partial charge in [-0.1, -0.05) is 18.2 Å². The lowest BCUT2D eigenvalue weighted by atomic mass is 10.0. The van der Waals surface area contributed by atoms with Crippen LogP contribution in [-0.4, -0.2) is 40.8 Å². The first-order chi connectivity index (χ1) is 15.5. The topological polar surface area (TPSA) is 143 Å². The van der Waals surface area contributed by atoms with Crippen LogP contribution < -0.4 is 10.3 Å². The van der Waals surface area contributed by atoms with Crippen molar-refractivity contribution in [1.29, 1.82) is 0 Å². The molecule has 2 atom stereocenters. The second-order valence-electron chi connectivity index (χ2n) is 7.12. The van der Waals surface area contributed by atoms with Gasteiger partial charge in [-0.3, -0.25) is 18.7 Å². The van der Waals surface area contributed by atoms with E-state index in [0.29, 0.717) is 21.4 Å². The lowest BCUT2D eigenvalue weighted by Gasteiger charge is -2.14. The van der Waals surface area contributed by atoms with E-state index in [1.807, 2.05) is 0 Å². The number of carboxylic acids is 1. The second-order valence-corrected chi connectivity index (χ2v) is 10.1. The first kappa shape index (κ1) is 22.8. The Balaban J connectivity index is 1.88. The van der Waals surface area contributed by atoms with E-state index in [1.54, 1.807) is 24.3 Å². The van der Waals surface area contributed by atoms with E-state index in [-0.39, 0.29) is 17.4 Å². The molecule has 1 aliphatic heterocycles. The van der Waals surface area contributed by atoms with Crippen molar-refractivity contribution in [3.05, 3.63) is 76.0 Å². The number of carboxylic acid groups (broad SMARTS) is 1. The number of pyridine rings is 1. The minimum atomic E-state index is -4.84. The van der Waals surface area contributed by atoms with Crippen molar-refractivity contribution in [1.82, 2.24) is 4.57 Å². The molecule has 9 nitrogen and oxygen atoms in total. The van der Waals surface area contributed by atoms with Crippen molar-refractivity contribution >= 4 is 27.8 Å². The molecule has 0 spiro atoms. The fourth-order valence-corrected chi connectivity index (χ4v) is 6.21. The molecule has 0 aliphatic carbocycles. The number of ether oxygens (including phenoxy) is 1. The molecule has 0 bridgehead atoms. The van der Waals surface area contributed by atoms with Crippen molar-refractivity contribution in [3.63, 3.8) is 0 Å². The van der Waals surface area contributed by atoms with Crippen molar-refractivity contribution < 1.29 is 37.1 Å². The maximum absolute atomic E-state index is 15.1. The molecule has 0 saturated carbocycles. The number of nitrogens with zero attached hydrogens (tertiary/aromatic N) is 1. The van der Waals surface area contributed by atoms with Gasteiger partial charge in [-0.15, -0.1) is 11.8 Å². The lowest BCUT2D eigenvalue weighted by Crippen LogP contribution is -2.26. The average molecular weight is 493 g/mol. The fraction of sp³-hybridized carbons (Fsp3) is 0.143. The van der Waals surface area contributed by atoms with Crippen LogP contribution in [0.4, 0.5) is 4.39 Å². The number of aromatic nitrogens is 1. The number of rotatable bonds is 5. The van der Waals surface area contributed by atoms with E-state index < -0.39 is 54.2 Å². The molecule has 172 valence electrons. The molecule has 2 unspecified atom stereocenters. The maximum Gasteiger partial charge on any atom is 0.321 e. The van der Waals surface area contributed by atoms with Crippen molar-refractivity contribution in [3.8, 4) is 28.3 Å². The van der Waals surface area contributed by atoms with Crippen molar-refractivity contribution in [2.45, 2.75) is 9.83 Å². The largest absolute Gasteiger partial charge is 0.506 e. The molecule has 12 heteroatoms. The third-order valence-electron chi connectivity index (χ3n) is 5.13. The van der Waals surface area contributed by atoms with Crippen LogP contribution in [0.25, 0.3) is 16.8 Å². The Bertz CT molecular complexity index is 1450. The standard InChI is InChI=1S/C21H16FNO8S2/c1-31-12-4-2-3-10(7-12)11-5-6-14(13(22)8-11)23-9-15(24)16-17(19(23)25)18(20(26)27)32-21(16)33(28,29)30/h2-9,18,21,24H,1H3,(H,26,27)(H,28,29,30). The van der Waals surface area contributed by atoms with E-state index in [9.17, 15) is 32.8 Å². The highest BCUT2D eigenvalue weighted by Crippen LogP contribution is 2.54. The van der Waals surface area contributed by atoms with Gasteiger partial charge in [-0.25, -0.2) is 4.39 Å². The molecule has 1 aromatic heterocycles. The summed E-state index contributed by atoms with van der Waals surface area (Å²) in [6.07, 6.45) is 0.799. The van der Waals surface area contributed by atoms with Crippen LogP contribution in [0.1, 0.15) is 21.0 Å². The van der Waals surface area contributed by atoms with Gasteiger partial charge in [0.1, 0.15) is 22.6 Å². The van der Waals surface area contributed by atoms with Gasteiger partial charge in [-0.05, 0) is 35.4 Å². The Kier molecular flexibility index (Phi) is 5.68. The Hall–Kier alpha value is -3.35. The van der Waals surface area contributed by atoms with Gasteiger partial charge < -0.3 is 14.9 Å². The van der Waals surface area contributed by atoms with Gasteiger partial charge in [-0.2, -0.15) is 8.42 Å². The summed E-state index contributed by atoms with van der Waals surface area (Å²) in [4.78, 5) is 24.8. The Morgan fingerprint density at radius 2 is 1.85 bits per heavy atom. The molecule has 4 rings (SSSR count). The average Bonchev–Trinajstić information content (AvgIpc) is 3.19. The van der Waals surface area contributed by atoms with Crippen LogP contribution in [0.15, 0.2) is 53.5 Å². The van der Waals surface area contributed by atoms with Gasteiger partial charge >= 0.3 is 5.97 Å². The van der Waals surface area contributed by atoms with Crippen LogP contribution in [-0.2, 0) is 14.9 Å². The molecule has 0 fully saturated rings. The molecular weight excluding hydrogens is 477 g/mol. The number of halogens is 1. The van der Waals surface area contributed by atoms with E-state index in [1.165, 1.54) is 19.2 Å². The zero-order valence-electron chi connectivity index (χ0n) is 16.8. The van der Waals surface area contributed by atoms with Gasteiger partial charge in [0.05, 0.1) is 24.6 Å². The monoisotopic (exact) mass is 493 g/mol. The molecule has 1 aliphatic rings. The summed E-state index contributed by atoms with van der Waals surface area (Å²) in [5.41, 5.74) is -1.27. The summed E-state index contributed by atoms with van der Waals surface area (Å²) in [5, 5.41) is 18.2. The number of thioether (sulfide) groups is 1. The highest BCUT2D eigenvalue weighted by Gasteiger charge is 2.46. The van der Waals surface area contributed by atoms with Crippen LogP contribution in [0.5, 0.6) is 11.5 Å². The van der Waals surface area contributed by atoms with E-state index in [0.717, 1.165) is 12.3 Å². The first-order valence-electron chi connectivity index (χ1n) is 9.30. The summed E-state index contributed by atoms with van der Waals surface area (Å²) in [6, 6.07) is 10.8. The number of aliphatic carboxylic acids is 1. The normalized spacial score (nSPS) is 17.5. The van der Waals surface area contributed by atoms with Gasteiger partial charge in [0.2, 0.25) is 0 Å². The predicted octanol–water partition coefficient (Wildman–Crippen LogP) is 3.12. The summed E-state index contributed by atoms with van der Waals surface area (Å²) < 4.78 is 51.9. The number of hydrogen-bond donors (Lipinski definition) is 3. The summed E-state index contributed by atoms with van der Waals surface area (Å²) in [7, 11) is -3.35. The fourth-order valence-electron chi connectivity index (χ4n) is 3.66. The summed E-state index contributed by atoms with van der Waals surface area (Å²) in [6.45, 7) is 0. The van der Waals surface area contributed by atoms with Crippen LogP contribution in [0, 0.1) is 5.82 Å². The number of carbonyl (C=O) groups is 1. The molecule has 2 heterocycles. The Morgan fingerprint density at radius 1 is 1.15 bits per heavy atom. The predicted molar refractivity (Wildman–Crippen MR) is 118 cm³/mol. The van der Waals surface area contributed by atoms with Crippen molar-refractivity contribution in [2.24, 2.45) is 0 Å².